The largest absolute Gasteiger partial charge is 0.435 e. The molecule has 168 valence electrons. The van der Waals surface area contributed by atoms with Crippen LogP contribution in [0.25, 0.3) is 0 Å². The van der Waals surface area contributed by atoms with Crippen molar-refractivity contribution in [1.29, 1.82) is 0 Å². The Morgan fingerprint density at radius 3 is 2.00 bits per heavy atom. The molecule has 0 bridgehead atoms. The third-order valence-electron chi connectivity index (χ3n) is 4.38. The second-order valence-electron chi connectivity index (χ2n) is 6.17. The average molecular weight is 430 g/mol. The highest BCUT2D eigenvalue weighted by molar-refractivity contribution is 5.76. The van der Waals surface area contributed by atoms with E-state index < -0.39 is 11.9 Å². The van der Waals surface area contributed by atoms with E-state index >= 15 is 0 Å². The number of benzene rings is 1. The first-order valence-corrected chi connectivity index (χ1v) is 10.1. The number of aryl methyl sites for hydroxylation is 1. The van der Waals surface area contributed by atoms with Crippen LogP contribution >= 0.6 is 0 Å². The maximum atomic E-state index is 13.0. The minimum Gasteiger partial charge on any atom is -0.368 e. The molecular weight excluding hydrogens is 400 g/mol. The number of amides is 1. The number of hydrogen-bond donors (Lipinski definition) is 0. The minimum absolute atomic E-state index is 0.224. The first kappa shape index (κ1) is 25.5. The smallest absolute Gasteiger partial charge is 0.368 e. The molecule has 9 heteroatoms. The summed E-state index contributed by atoms with van der Waals surface area (Å²) in [7, 11) is 0. The van der Waals surface area contributed by atoms with Gasteiger partial charge >= 0.3 is 6.18 Å². The molecule has 0 aliphatic carbocycles. The molecule has 1 aliphatic rings. The summed E-state index contributed by atoms with van der Waals surface area (Å²) >= 11 is 0. The SMILES string of the molecule is CC.CC.Cc1cc(C(F)(F)F)nn1CC(=O)N1CCN(c2ccc(F)cc2)CC1. The van der Waals surface area contributed by atoms with Gasteiger partial charge in [-0.1, -0.05) is 27.7 Å². The van der Waals surface area contributed by atoms with E-state index in [2.05, 4.69) is 5.10 Å². The number of carbonyl (C=O) groups excluding carboxylic acids is 1. The maximum Gasteiger partial charge on any atom is 0.435 e. The molecule has 0 spiro atoms. The summed E-state index contributed by atoms with van der Waals surface area (Å²) < 4.78 is 52.2. The summed E-state index contributed by atoms with van der Waals surface area (Å²) in [5.41, 5.74) is 0.163. The average Bonchev–Trinajstić information content (AvgIpc) is 3.12. The van der Waals surface area contributed by atoms with Crippen LogP contribution in [-0.4, -0.2) is 46.8 Å². The van der Waals surface area contributed by atoms with Crippen molar-refractivity contribution in [3.05, 3.63) is 47.5 Å². The zero-order valence-electron chi connectivity index (χ0n) is 18.1. The van der Waals surface area contributed by atoms with E-state index in [0.717, 1.165) is 16.4 Å². The number of piperazine rings is 1. The van der Waals surface area contributed by atoms with Crippen molar-refractivity contribution in [3.63, 3.8) is 0 Å². The van der Waals surface area contributed by atoms with Gasteiger partial charge in [0.05, 0.1) is 0 Å². The zero-order valence-corrected chi connectivity index (χ0v) is 18.1. The first-order valence-electron chi connectivity index (χ1n) is 10.1. The third kappa shape index (κ3) is 6.74. The highest BCUT2D eigenvalue weighted by Gasteiger charge is 2.34. The molecule has 0 saturated carbocycles. The molecule has 1 amide bonds. The summed E-state index contributed by atoms with van der Waals surface area (Å²) in [6.07, 6.45) is -4.53. The maximum absolute atomic E-state index is 13.0. The Balaban J connectivity index is 0.00000106. The lowest BCUT2D eigenvalue weighted by molar-refractivity contribution is -0.142. The lowest BCUT2D eigenvalue weighted by Crippen LogP contribution is -2.49. The van der Waals surface area contributed by atoms with Crippen molar-refractivity contribution in [1.82, 2.24) is 14.7 Å². The minimum atomic E-state index is -4.53. The fourth-order valence-electron chi connectivity index (χ4n) is 2.90. The molecule has 0 radical (unpaired) electrons. The van der Waals surface area contributed by atoms with E-state index in [1.165, 1.54) is 19.1 Å². The molecule has 1 aliphatic heterocycles. The van der Waals surface area contributed by atoms with Crippen LogP contribution in [0.2, 0.25) is 0 Å². The number of hydrogen-bond acceptors (Lipinski definition) is 3. The Bertz CT molecular complexity index is 779. The van der Waals surface area contributed by atoms with Crippen molar-refractivity contribution in [3.8, 4) is 0 Å². The van der Waals surface area contributed by atoms with Gasteiger partial charge in [0.15, 0.2) is 5.69 Å². The summed E-state index contributed by atoms with van der Waals surface area (Å²) in [5.74, 6) is -0.584. The van der Waals surface area contributed by atoms with Gasteiger partial charge in [0.1, 0.15) is 12.4 Å². The Labute approximate surface area is 175 Å². The summed E-state index contributed by atoms with van der Waals surface area (Å²) in [4.78, 5) is 16.0. The van der Waals surface area contributed by atoms with Crippen molar-refractivity contribution in [2.45, 2.75) is 47.3 Å². The van der Waals surface area contributed by atoms with Gasteiger partial charge in [-0.3, -0.25) is 9.48 Å². The Morgan fingerprint density at radius 2 is 1.53 bits per heavy atom. The second-order valence-corrected chi connectivity index (χ2v) is 6.17. The van der Waals surface area contributed by atoms with Gasteiger partial charge in [0.2, 0.25) is 5.91 Å². The highest BCUT2D eigenvalue weighted by Crippen LogP contribution is 2.28. The van der Waals surface area contributed by atoms with Crippen molar-refractivity contribution < 1.29 is 22.4 Å². The van der Waals surface area contributed by atoms with Crippen LogP contribution in [0.4, 0.5) is 23.2 Å². The predicted molar refractivity (Wildman–Crippen MR) is 110 cm³/mol. The Kier molecular flexibility index (Phi) is 9.81. The molecule has 0 N–H and O–H groups in total. The molecule has 30 heavy (non-hydrogen) atoms. The lowest BCUT2D eigenvalue weighted by Gasteiger charge is -2.36. The standard InChI is InChI=1S/C17H18F4N4O.2C2H6/c1-12-10-15(17(19,20)21)22-25(12)11-16(26)24-8-6-23(7-9-24)14-4-2-13(18)3-5-14;2*1-2/h2-5,10H,6-9,11H2,1H3;2*1-2H3. The molecule has 3 rings (SSSR count). The van der Waals surface area contributed by atoms with E-state index in [0.29, 0.717) is 26.2 Å². The van der Waals surface area contributed by atoms with Gasteiger partial charge < -0.3 is 9.80 Å². The normalized spacial score (nSPS) is 13.8. The van der Waals surface area contributed by atoms with E-state index in [1.54, 1.807) is 17.0 Å². The third-order valence-corrected chi connectivity index (χ3v) is 4.38. The van der Waals surface area contributed by atoms with Crippen LogP contribution in [0.3, 0.4) is 0 Å². The monoisotopic (exact) mass is 430 g/mol. The molecule has 2 aromatic rings. The molecule has 0 unspecified atom stereocenters. The van der Waals surface area contributed by atoms with Crippen molar-refractivity contribution in [2.75, 3.05) is 31.1 Å². The van der Waals surface area contributed by atoms with Crippen LogP contribution < -0.4 is 4.90 Å². The van der Waals surface area contributed by atoms with Crippen LogP contribution in [-0.2, 0) is 17.5 Å². The number of rotatable bonds is 3. The molecule has 0 atom stereocenters. The fourth-order valence-corrected chi connectivity index (χ4v) is 2.90. The molecule has 5 nitrogen and oxygen atoms in total. The van der Waals surface area contributed by atoms with Crippen LogP contribution in [0.15, 0.2) is 30.3 Å². The van der Waals surface area contributed by atoms with Gasteiger partial charge in [-0.15, -0.1) is 0 Å². The van der Waals surface area contributed by atoms with Crippen molar-refractivity contribution >= 4 is 11.6 Å². The number of aromatic nitrogens is 2. The number of halogens is 4. The number of alkyl halides is 3. The van der Waals surface area contributed by atoms with Crippen molar-refractivity contribution in [2.24, 2.45) is 0 Å². The molecule has 1 aromatic heterocycles. The lowest BCUT2D eigenvalue weighted by atomic mass is 10.2. The molecule has 1 saturated heterocycles. The van der Waals surface area contributed by atoms with E-state index in [9.17, 15) is 22.4 Å². The van der Waals surface area contributed by atoms with E-state index in [1.807, 2.05) is 32.6 Å². The number of carbonyl (C=O) groups is 1. The quantitative estimate of drug-likeness (QED) is 0.660. The van der Waals surface area contributed by atoms with E-state index in [-0.39, 0.29) is 24.0 Å². The predicted octanol–water partition coefficient (Wildman–Crippen LogP) is 4.75. The van der Waals surface area contributed by atoms with Crippen LogP contribution in [0, 0.1) is 12.7 Å². The second kappa shape index (κ2) is 11.6. The number of nitrogens with zero attached hydrogens (tertiary/aromatic N) is 4. The van der Waals surface area contributed by atoms with Gasteiger partial charge in [-0.2, -0.15) is 18.3 Å². The Morgan fingerprint density at radius 1 is 1.00 bits per heavy atom. The number of anilines is 1. The molecule has 2 heterocycles. The summed E-state index contributed by atoms with van der Waals surface area (Å²) in [5, 5.41) is 3.48. The molecule has 1 aromatic carbocycles. The zero-order chi connectivity index (χ0) is 22.9. The fraction of sp³-hybridized carbons (Fsp3) is 0.524. The van der Waals surface area contributed by atoms with Crippen LogP contribution in [0.5, 0.6) is 0 Å². The van der Waals surface area contributed by atoms with Gasteiger partial charge in [0.25, 0.3) is 0 Å². The van der Waals surface area contributed by atoms with Crippen LogP contribution in [0.1, 0.15) is 39.1 Å². The van der Waals surface area contributed by atoms with Gasteiger partial charge in [0, 0.05) is 37.6 Å². The van der Waals surface area contributed by atoms with Gasteiger partial charge in [-0.05, 0) is 37.3 Å². The summed E-state index contributed by atoms with van der Waals surface area (Å²) in [6, 6.07) is 7.05. The Hall–Kier alpha value is -2.58. The highest BCUT2D eigenvalue weighted by atomic mass is 19.4. The topological polar surface area (TPSA) is 41.4 Å². The first-order chi connectivity index (χ1) is 14.2. The van der Waals surface area contributed by atoms with E-state index in [4.69, 9.17) is 0 Å². The molecular formula is C21H30F4N4O. The summed E-state index contributed by atoms with van der Waals surface area (Å²) in [6.45, 7) is 11.3. The van der Waals surface area contributed by atoms with Gasteiger partial charge in [-0.25, -0.2) is 4.39 Å². The molecule has 1 fully saturated rings.